The fourth-order valence-corrected chi connectivity index (χ4v) is 11.7. The number of hydrogen-bond acceptors (Lipinski definition) is 14. The first kappa shape index (κ1) is 38.9. The fraction of sp³-hybridized carbons (Fsp3) is 0.483. The molecule has 0 bridgehead atoms. The molecule has 290 valence electrons. The molecule has 20 nitrogen and oxygen atoms in total. The number of phosphoric acid groups is 4. The molecule has 24 heteroatoms. The van der Waals surface area contributed by atoms with Crippen molar-refractivity contribution in [3.8, 4) is 0 Å². The first-order chi connectivity index (χ1) is 25.0. The van der Waals surface area contributed by atoms with Gasteiger partial charge in [-0.05, 0) is 42.7 Å². The molecule has 2 aromatic rings. The van der Waals surface area contributed by atoms with Crippen LogP contribution in [0.5, 0.6) is 0 Å². The van der Waals surface area contributed by atoms with Gasteiger partial charge in [0, 0.05) is 23.3 Å². The fourth-order valence-electron chi connectivity index (χ4n) is 6.73. The number of hydrogen-bond donors (Lipinski definition) is 5. The average Bonchev–Trinajstić information content (AvgIpc) is 3.86. The number of benzene rings is 2. The molecule has 0 spiro atoms. The van der Waals surface area contributed by atoms with Gasteiger partial charge in [0.05, 0.1) is 13.2 Å². The molecule has 0 aromatic heterocycles. The van der Waals surface area contributed by atoms with Gasteiger partial charge in [0.15, 0.2) is 12.5 Å². The Morgan fingerprint density at radius 1 is 0.830 bits per heavy atom. The van der Waals surface area contributed by atoms with E-state index < -0.39 is 87.6 Å². The van der Waals surface area contributed by atoms with Crippen molar-refractivity contribution in [1.29, 1.82) is 0 Å². The van der Waals surface area contributed by atoms with Crippen molar-refractivity contribution in [2.45, 2.75) is 69.7 Å². The van der Waals surface area contributed by atoms with E-state index in [2.05, 4.69) is 22.8 Å². The molecule has 1 aliphatic carbocycles. The first-order valence-corrected chi connectivity index (χ1v) is 22.4. The summed E-state index contributed by atoms with van der Waals surface area (Å²) in [4.78, 5) is 53.9. The number of phosphoric ester groups is 2. The Hall–Kier alpha value is -2.31. The van der Waals surface area contributed by atoms with Gasteiger partial charge in [-0.1, -0.05) is 49.2 Å². The third-order valence-electron chi connectivity index (χ3n) is 8.90. The summed E-state index contributed by atoms with van der Waals surface area (Å²) in [5.74, 6) is 0.564. The number of carbonyl (C=O) groups excluding carboxylic acids is 1. The second-order valence-electron chi connectivity index (χ2n) is 12.6. The van der Waals surface area contributed by atoms with Crippen molar-refractivity contribution in [2.24, 2.45) is 5.92 Å². The van der Waals surface area contributed by atoms with E-state index in [1.54, 1.807) is 12.3 Å². The molecule has 2 saturated heterocycles. The van der Waals surface area contributed by atoms with Crippen LogP contribution in [-0.2, 0) is 59.2 Å². The standard InChI is InChI=1S/C29H36N2O18P4/c1-2-41-50(33,34)47-52(37,38)49-53(39,40)48-51(35,36)42-16-23-24-25(46-28(45-24)18-8-4-5-9-18)27(44-23)31-15-21-14-22(43-26(21)30-29(31)32)20-12-11-17-7-3-6-10-19(17)13-20/h3,6-7,10-15,18,23-28H,2,4-5,8-9,16H2,1H3,(H,30,32)(H,33,34)(H,35,36)(H,37,38)(H,39,40)/t23-,24?,25+,26?,27-,28?/m1/s1. The smallest absolute Gasteiger partial charge is 0.466 e. The summed E-state index contributed by atoms with van der Waals surface area (Å²) in [6.07, 6.45) is 1.19. The molecule has 10 atom stereocenters. The molecule has 4 heterocycles. The van der Waals surface area contributed by atoms with Crippen molar-refractivity contribution in [2.75, 3.05) is 13.2 Å². The Kier molecular flexibility index (Phi) is 11.0. The van der Waals surface area contributed by atoms with Crippen LogP contribution in [0.15, 0.2) is 60.3 Å². The Morgan fingerprint density at radius 2 is 1.47 bits per heavy atom. The highest BCUT2D eigenvalue weighted by atomic mass is 31.3. The largest absolute Gasteiger partial charge is 0.490 e. The molecule has 5 N–H and O–H groups in total. The van der Waals surface area contributed by atoms with E-state index in [1.807, 2.05) is 42.5 Å². The molecule has 53 heavy (non-hydrogen) atoms. The Morgan fingerprint density at radius 3 is 2.17 bits per heavy atom. The number of ether oxygens (including phenoxy) is 4. The van der Waals surface area contributed by atoms with Crippen LogP contribution in [0.2, 0.25) is 0 Å². The number of nitrogens with zero attached hydrogens (tertiary/aromatic N) is 1. The van der Waals surface area contributed by atoms with Gasteiger partial charge in [-0.3, -0.25) is 19.3 Å². The quantitative estimate of drug-likeness (QED) is 0.157. The lowest BCUT2D eigenvalue weighted by molar-refractivity contribution is -0.171. The summed E-state index contributed by atoms with van der Waals surface area (Å²) in [5, 5.41) is 4.84. The minimum atomic E-state index is -5.99. The van der Waals surface area contributed by atoms with Crippen molar-refractivity contribution >= 4 is 53.9 Å². The molecular formula is C29H36N2O18P4. The zero-order valence-electron chi connectivity index (χ0n) is 27.7. The summed E-state index contributed by atoms with van der Waals surface area (Å²) in [6, 6.07) is 13.1. The minimum Gasteiger partial charge on any atom is -0.466 e. The predicted molar refractivity (Wildman–Crippen MR) is 180 cm³/mol. The monoisotopic (exact) mass is 824 g/mol. The summed E-state index contributed by atoms with van der Waals surface area (Å²) in [5.41, 5.74) is 1.39. The van der Waals surface area contributed by atoms with Crippen LogP contribution in [0.4, 0.5) is 4.79 Å². The minimum absolute atomic E-state index is 0.0365. The highest BCUT2D eigenvalue weighted by Gasteiger charge is 2.58. The lowest BCUT2D eigenvalue weighted by atomic mass is 10.1. The molecule has 5 aliphatic rings. The van der Waals surface area contributed by atoms with Gasteiger partial charge < -0.3 is 38.5 Å². The Bertz CT molecular complexity index is 2010. The van der Waals surface area contributed by atoms with Crippen LogP contribution < -0.4 is 5.32 Å². The van der Waals surface area contributed by atoms with Crippen LogP contribution in [0.1, 0.15) is 38.2 Å². The number of rotatable bonds is 14. The van der Waals surface area contributed by atoms with Crippen molar-refractivity contribution in [3.63, 3.8) is 0 Å². The molecule has 7 unspecified atom stereocenters. The Labute approximate surface area is 302 Å². The van der Waals surface area contributed by atoms with Crippen molar-refractivity contribution in [1.82, 2.24) is 10.2 Å². The number of fused-ring (bicyclic) bond motifs is 3. The number of amides is 2. The summed E-state index contributed by atoms with van der Waals surface area (Å²) < 4.78 is 94.4. The molecule has 0 radical (unpaired) electrons. The van der Waals surface area contributed by atoms with Crippen LogP contribution in [0.3, 0.4) is 0 Å². The van der Waals surface area contributed by atoms with Crippen molar-refractivity contribution < 1.29 is 83.6 Å². The summed E-state index contributed by atoms with van der Waals surface area (Å²) >= 11 is 0. The SMILES string of the molecule is CCOP(=O)(O)OP(=O)(O)OP(=O)(O)OP(=O)(O)OC[C@H]1O[C@@H](N2C=C3C=C(c4ccc5ccccc5c4)OC3NC2=O)[C@H]2OC(C3CCCC3)OC12. The maximum atomic E-state index is 13.5. The van der Waals surface area contributed by atoms with Crippen molar-refractivity contribution in [3.05, 3.63) is 65.9 Å². The Balaban J connectivity index is 1.06. The third-order valence-corrected chi connectivity index (χ3v) is 14.9. The van der Waals surface area contributed by atoms with Gasteiger partial charge in [0.2, 0.25) is 6.23 Å². The lowest BCUT2D eigenvalue weighted by Crippen LogP contribution is -2.54. The van der Waals surface area contributed by atoms with Crippen LogP contribution in [-0.4, -0.2) is 80.8 Å². The zero-order chi connectivity index (χ0) is 37.8. The molecule has 1 saturated carbocycles. The van der Waals surface area contributed by atoms with Gasteiger partial charge in [-0.25, -0.2) is 23.1 Å². The third kappa shape index (κ3) is 8.90. The van der Waals surface area contributed by atoms with Crippen LogP contribution in [0, 0.1) is 5.92 Å². The number of carbonyl (C=O) groups is 1. The predicted octanol–water partition coefficient (Wildman–Crippen LogP) is 4.98. The second-order valence-corrected chi connectivity index (χ2v) is 18.8. The van der Waals surface area contributed by atoms with Gasteiger partial charge >= 0.3 is 37.3 Å². The molecule has 2 aromatic carbocycles. The maximum Gasteiger partial charge on any atom is 0.490 e. The second kappa shape index (κ2) is 15.0. The summed E-state index contributed by atoms with van der Waals surface area (Å²) in [7, 11) is -22.7. The molecule has 2 amide bonds. The van der Waals surface area contributed by atoms with Crippen LogP contribution in [0.25, 0.3) is 16.5 Å². The van der Waals surface area contributed by atoms with E-state index in [0.29, 0.717) is 11.3 Å². The normalized spacial score (nSPS) is 31.7. The first-order valence-electron chi connectivity index (χ1n) is 16.4. The zero-order valence-corrected chi connectivity index (χ0v) is 31.3. The van der Waals surface area contributed by atoms with Gasteiger partial charge in [0.25, 0.3) is 0 Å². The number of urea groups is 1. The molecule has 7 rings (SSSR count). The lowest BCUT2D eigenvalue weighted by Gasteiger charge is -2.34. The van der Waals surface area contributed by atoms with E-state index in [-0.39, 0.29) is 5.92 Å². The number of nitrogens with one attached hydrogen (secondary N) is 1. The van der Waals surface area contributed by atoms with Gasteiger partial charge in [0.1, 0.15) is 24.1 Å². The van der Waals surface area contributed by atoms with E-state index in [1.165, 1.54) is 11.8 Å². The molecular weight excluding hydrogens is 788 g/mol. The maximum absolute atomic E-state index is 13.5. The van der Waals surface area contributed by atoms with E-state index in [0.717, 1.165) is 42.0 Å². The van der Waals surface area contributed by atoms with Gasteiger partial charge in [-0.15, -0.1) is 0 Å². The highest BCUT2D eigenvalue weighted by Crippen LogP contribution is 2.71. The van der Waals surface area contributed by atoms with Gasteiger partial charge in [-0.2, -0.15) is 12.9 Å². The average molecular weight is 824 g/mol. The molecule has 3 fully saturated rings. The molecule has 4 aliphatic heterocycles. The van der Waals surface area contributed by atoms with E-state index in [4.69, 9.17) is 23.5 Å². The van der Waals surface area contributed by atoms with E-state index >= 15 is 0 Å². The highest BCUT2D eigenvalue weighted by molar-refractivity contribution is 7.69. The topological polar surface area (TPSA) is 265 Å². The van der Waals surface area contributed by atoms with Crippen LogP contribution >= 0.6 is 31.3 Å². The van der Waals surface area contributed by atoms with E-state index in [9.17, 15) is 42.6 Å². The summed E-state index contributed by atoms with van der Waals surface area (Å²) in [6.45, 7) is -0.0510.